The molecule has 8 bridgehead atoms. The highest BCUT2D eigenvalue weighted by molar-refractivity contribution is 6.14. The number of nitrogens with one attached hydrogen (secondary N) is 2. The fourth-order valence-corrected chi connectivity index (χ4v) is 6.06. The first-order chi connectivity index (χ1) is 18.8. The molecule has 9 rings (SSSR count). The van der Waals surface area contributed by atoms with Gasteiger partial charge in [0.15, 0.2) is 0 Å². The molecule has 5 heterocycles. The lowest BCUT2D eigenvalue weighted by atomic mass is 10.1. The third-order valence-electron chi connectivity index (χ3n) is 7.89. The minimum absolute atomic E-state index is 0.950. The van der Waals surface area contributed by atoms with E-state index in [-0.39, 0.29) is 0 Å². The summed E-state index contributed by atoms with van der Waals surface area (Å²) in [5, 5.41) is 8.90. The van der Waals surface area contributed by atoms with E-state index in [4.69, 9.17) is 9.97 Å². The second kappa shape index (κ2) is 7.17. The maximum absolute atomic E-state index is 5.24. The summed E-state index contributed by atoms with van der Waals surface area (Å²) in [6.07, 6.45) is 0. The number of hydrogen-bond donors (Lipinski definition) is 2. The molecule has 0 amide bonds. The predicted molar refractivity (Wildman–Crippen MR) is 160 cm³/mol. The lowest BCUT2D eigenvalue weighted by Crippen LogP contribution is -1.84. The molecule has 9 aromatic rings. The molecule has 4 nitrogen and oxygen atoms in total. The molecule has 38 heavy (non-hydrogen) atoms. The Kier molecular flexibility index (Phi) is 3.76. The van der Waals surface area contributed by atoms with Gasteiger partial charge in [0.05, 0.1) is 33.1 Å². The van der Waals surface area contributed by atoms with Crippen LogP contribution in [-0.2, 0) is 0 Å². The molecule has 0 unspecified atom stereocenters. The zero-order chi connectivity index (χ0) is 24.8. The minimum Gasteiger partial charge on any atom is -0.354 e. The largest absolute Gasteiger partial charge is 0.354 e. The van der Waals surface area contributed by atoms with E-state index in [0.717, 1.165) is 87.2 Å². The SMILES string of the molecule is c1cc2ccc3nc2c(c1)c1cc2cccc(c4ccc5cccc(c6cc7cccc3c7[nH]6)c5n4)c2[nH]1. The van der Waals surface area contributed by atoms with Crippen molar-refractivity contribution in [1.82, 2.24) is 19.9 Å². The number of pyridine rings is 2. The number of aromatic amines is 2. The summed E-state index contributed by atoms with van der Waals surface area (Å²) in [5.41, 5.74) is 8.14. The van der Waals surface area contributed by atoms with Gasteiger partial charge in [0.25, 0.3) is 0 Å². The summed E-state index contributed by atoms with van der Waals surface area (Å²) < 4.78 is 0. The van der Waals surface area contributed by atoms with E-state index in [9.17, 15) is 0 Å². The van der Waals surface area contributed by atoms with Crippen molar-refractivity contribution in [3.63, 3.8) is 0 Å². The van der Waals surface area contributed by atoms with E-state index >= 15 is 0 Å². The van der Waals surface area contributed by atoms with E-state index < -0.39 is 0 Å². The van der Waals surface area contributed by atoms with Gasteiger partial charge in [0.2, 0.25) is 0 Å². The molecule has 0 saturated heterocycles. The van der Waals surface area contributed by atoms with E-state index in [1.807, 2.05) is 0 Å². The Morgan fingerprint density at radius 2 is 0.816 bits per heavy atom. The normalized spacial score (nSPS) is 12.2. The predicted octanol–water partition coefficient (Wildman–Crippen LogP) is 8.92. The lowest BCUT2D eigenvalue weighted by molar-refractivity contribution is 1.49. The lowest BCUT2D eigenvalue weighted by Gasteiger charge is -2.03. The third-order valence-corrected chi connectivity index (χ3v) is 7.89. The van der Waals surface area contributed by atoms with E-state index in [0.29, 0.717) is 0 Å². The standard InChI is InChI=1S/C34H20N4/c1-5-19-13-15-27-23-9-4-8-22-18-30(38-34(22)23)26-12-2-6-20-14-16-28(36-32(20)26)24-10-3-7-21-17-29(37-33(21)24)25(11-1)31(19)35-27/h1-18,37-38H. The molecule has 0 saturated carbocycles. The average molecular weight is 485 g/mol. The highest BCUT2D eigenvalue weighted by Crippen LogP contribution is 2.32. The fraction of sp³-hybridized carbons (Fsp3) is 0. The summed E-state index contributed by atoms with van der Waals surface area (Å²) in [5.74, 6) is 0. The van der Waals surface area contributed by atoms with Crippen LogP contribution in [0.2, 0.25) is 0 Å². The monoisotopic (exact) mass is 484 g/mol. The smallest absolute Gasteiger partial charge is 0.0802 e. The van der Waals surface area contributed by atoms with Gasteiger partial charge >= 0.3 is 0 Å². The molecule has 0 radical (unpaired) electrons. The third kappa shape index (κ3) is 2.69. The molecule has 0 atom stereocenters. The van der Waals surface area contributed by atoms with E-state index in [1.165, 1.54) is 0 Å². The first kappa shape index (κ1) is 19.9. The van der Waals surface area contributed by atoms with Gasteiger partial charge in [-0.2, -0.15) is 0 Å². The molecule has 2 N–H and O–H groups in total. The minimum atomic E-state index is 0.950. The molecular formula is C34H20N4. The maximum atomic E-state index is 5.24. The molecule has 0 aliphatic rings. The van der Waals surface area contributed by atoms with Crippen LogP contribution < -0.4 is 0 Å². The van der Waals surface area contributed by atoms with Crippen LogP contribution in [0.25, 0.3) is 87.2 Å². The molecule has 0 spiro atoms. The topological polar surface area (TPSA) is 57.4 Å². The van der Waals surface area contributed by atoms with Crippen molar-refractivity contribution in [2.24, 2.45) is 0 Å². The molecule has 0 aliphatic carbocycles. The summed E-state index contributed by atoms with van der Waals surface area (Å²) >= 11 is 0. The number of aromatic nitrogens is 4. The zero-order valence-corrected chi connectivity index (χ0v) is 20.3. The van der Waals surface area contributed by atoms with Crippen molar-refractivity contribution >= 4 is 87.2 Å². The molecule has 176 valence electrons. The molecule has 0 fully saturated rings. The van der Waals surface area contributed by atoms with Gasteiger partial charge in [-0.15, -0.1) is 0 Å². The summed E-state index contributed by atoms with van der Waals surface area (Å²) in [6, 6.07) is 38.7. The van der Waals surface area contributed by atoms with Crippen molar-refractivity contribution in [2.45, 2.75) is 0 Å². The highest BCUT2D eigenvalue weighted by atomic mass is 14.8. The first-order valence-corrected chi connectivity index (χ1v) is 12.8. The number of hydrogen-bond acceptors (Lipinski definition) is 2. The van der Waals surface area contributed by atoms with Crippen molar-refractivity contribution in [2.75, 3.05) is 0 Å². The Balaban J connectivity index is 1.63. The van der Waals surface area contributed by atoms with Gasteiger partial charge < -0.3 is 9.97 Å². The Hall–Kier alpha value is -5.22. The van der Waals surface area contributed by atoms with Crippen molar-refractivity contribution in [3.8, 4) is 0 Å². The van der Waals surface area contributed by atoms with E-state index in [1.54, 1.807) is 0 Å². The number of fused-ring (bicyclic) bond motifs is 8. The molecule has 4 heteroatoms. The molecular weight excluding hydrogens is 464 g/mol. The Bertz CT molecular complexity index is 2290. The van der Waals surface area contributed by atoms with Crippen molar-refractivity contribution in [1.29, 1.82) is 0 Å². The quantitative estimate of drug-likeness (QED) is 0.226. The number of rotatable bonds is 0. The number of para-hydroxylation sites is 4. The van der Waals surface area contributed by atoms with Gasteiger partial charge in [-0.25, -0.2) is 9.97 Å². The van der Waals surface area contributed by atoms with Crippen LogP contribution >= 0.6 is 0 Å². The van der Waals surface area contributed by atoms with Crippen LogP contribution in [0.3, 0.4) is 0 Å². The second-order valence-corrected chi connectivity index (χ2v) is 10.1. The summed E-state index contributed by atoms with van der Waals surface area (Å²) in [7, 11) is 0. The van der Waals surface area contributed by atoms with Gasteiger partial charge in [0, 0.05) is 54.1 Å². The van der Waals surface area contributed by atoms with Crippen LogP contribution in [0.1, 0.15) is 0 Å². The van der Waals surface area contributed by atoms with Crippen LogP contribution in [0.4, 0.5) is 0 Å². The number of nitrogens with zero attached hydrogens (tertiary/aromatic N) is 2. The molecule has 0 aliphatic heterocycles. The van der Waals surface area contributed by atoms with E-state index in [2.05, 4.69) is 119 Å². The molecule has 5 aromatic heterocycles. The van der Waals surface area contributed by atoms with Gasteiger partial charge in [0.1, 0.15) is 0 Å². The molecule has 4 aromatic carbocycles. The van der Waals surface area contributed by atoms with Crippen LogP contribution in [0.5, 0.6) is 0 Å². The average Bonchev–Trinajstić information content (AvgIpc) is 3.60. The Labute approximate surface area is 216 Å². The second-order valence-electron chi connectivity index (χ2n) is 10.1. The van der Waals surface area contributed by atoms with Crippen molar-refractivity contribution < 1.29 is 0 Å². The van der Waals surface area contributed by atoms with Crippen LogP contribution in [0, 0.1) is 0 Å². The van der Waals surface area contributed by atoms with Crippen molar-refractivity contribution in [3.05, 3.63) is 109 Å². The summed E-state index contributed by atoms with van der Waals surface area (Å²) in [6.45, 7) is 0. The van der Waals surface area contributed by atoms with Gasteiger partial charge in [-0.3, -0.25) is 0 Å². The fourth-order valence-electron chi connectivity index (χ4n) is 6.06. The Morgan fingerprint density at radius 1 is 0.395 bits per heavy atom. The van der Waals surface area contributed by atoms with Crippen LogP contribution in [-0.4, -0.2) is 19.9 Å². The number of benzene rings is 4. The van der Waals surface area contributed by atoms with Gasteiger partial charge in [-0.05, 0) is 24.3 Å². The van der Waals surface area contributed by atoms with Crippen LogP contribution in [0.15, 0.2) is 109 Å². The van der Waals surface area contributed by atoms with Gasteiger partial charge in [-0.1, -0.05) is 84.9 Å². The first-order valence-electron chi connectivity index (χ1n) is 12.8. The maximum Gasteiger partial charge on any atom is 0.0802 e. The zero-order valence-electron chi connectivity index (χ0n) is 20.3. The summed E-state index contributed by atoms with van der Waals surface area (Å²) in [4.78, 5) is 18.0. The highest BCUT2D eigenvalue weighted by Gasteiger charge is 2.10. The number of H-pyrrole nitrogens is 2. The Morgan fingerprint density at radius 3 is 1.29 bits per heavy atom.